The SMILES string of the molecule is CCCCOc1c(-c2cc(C(=O)Nc3nc4ccc(NC(=O)CN5CCOCC5)cc4n3C)cc(C)n2)cnn1C. The quantitative estimate of drug-likeness (QED) is 0.283. The van der Waals surface area contributed by atoms with E-state index in [1.54, 1.807) is 27.6 Å². The van der Waals surface area contributed by atoms with Crippen molar-refractivity contribution in [3.63, 3.8) is 0 Å². The number of carbonyl (C=O) groups excluding carboxylic acids is 2. The Kier molecular flexibility index (Phi) is 8.60. The molecule has 1 saturated heterocycles. The van der Waals surface area contributed by atoms with Crippen LogP contribution in [0, 0.1) is 6.92 Å². The lowest BCUT2D eigenvalue weighted by Gasteiger charge is -2.25. The van der Waals surface area contributed by atoms with Crippen molar-refractivity contribution in [2.75, 3.05) is 50.1 Å². The number of anilines is 2. The van der Waals surface area contributed by atoms with Gasteiger partial charge in [-0.1, -0.05) is 13.3 Å². The summed E-state index contributed by atoms with van der Waals surface area (Å²) in [6, 6.07) is 8.96. The number of amides is 2. The van der Waals surface area contributed by atoms with Crippen LogP contribution in [-0.4, -0.2) is 80.5 Å². The zero-order chi connectivity index (χ0) is 28.9. The summed E-state index contributed by atoms with van der Waals surface area (Å²) in [6.45, 7) is 7.61. The summed E-state index contributed by atoms with van der Waals surface area (Å²) < 4.78 is 14.8. The van der Waals surface area contributed by atoms with Crippen LogP contribution in [-0.2, 0) is 23.6 Å². The van der Waals surface area contributed by atoms with E-state index in [0.717, 1.165) is 37.0 Å². The zero-order valence-electron chi connectivity index (χ0n) is 23.9. The van der Waals surface area contributed by atoms with Crippen LogP contribution in [0.3, 0.4) is 0 Å². The van der Waals surface area contributed by atoms with Gasteiger partial charge in [-0.05, 0) is 43.7 Å². The van der Waals surface area contributed by atoms with E-state index in [1.165, 1.54) is 0 Å². The number of unbranched alkanes of at least 4 members (excludes halogenated alkanes) is 1. The largest absolute Gasteiger partial charge is 0.477 e. The summed E-state index contributed by atoms with van der Waals surface area (Å²) in [7, 11) is 3.64. The Labute approximate surface area is 238 Å². The predicted molar refractivity (Wildman–Crippen MR) is 156 cm³/mol. The maximum Gasteiger partial charge on any atom is 0.258 e. The van der Waals surface area contributed by atoms with E-state index in [4.69, 9.17) is 9.47 Å². The Morgan fingerprint density at radius 1 is 1.07 bits per heavy atom. The predicted octanol–water partition coefficient (Wildman–Crippen LogP) is 3.38. The number of nitrogens with one attached hydrogen (secondary N) is 2. The molecule has 1 fully saturated rings. The molecule has 3 aromatic heterocycles. The first-order valence-corrected chi connectivity index (χ1v) is 13.8. The molecular weight excluding hydrogens is 524 g/mol. The first-order valence-electron chi connectivity index (χ1n) is 13.8. The van der Waals surface area contributed by atoms with Crippen molar-refractivity contribution >= 4 is 34.5 Å². The van der Waals surface area contributed by atoms with Gasteiger partial charge in [0.05, 0.1) is 54.9 Å². The van der Waals surface area contributed by atoms with Crippen molar-refractivity contribution in [3.8, 4) is 17.1 Å². The third-order valence-corrected chi connectivity index (χ3v) is 6.97. The van der Waals surface area contributed by atoms with Crippen molar-refractivity contribution in [1.82, 2.24) is 29.2 Å². The molecule has 0 aliphatic carbocycles. The van der Waals surface area contributed by atoms with Gasteiger partial charge in [0.15, 0.2) is 0 Å². The highest BCUT2D eigenvalue weighted by molar-refractivity contribution is 6.05. The molecule has 12 heteroatoms. The van der Waals surface area contributed by atoms with Crippen molar-refractivity contribution in [2.45, 2.75) is 26.7 Å². The van der Waals surface area contributed by atoms with Crippen LogP contribution in [0.2, 0.25) is 0 Å². The number of ether oxygens (including phenoxy) is 2. The molecule has 0 atom stereocenters. The normalized spacial score (nSPS) is 13.9. The van der Waals surface area contributed by atoms with E-state index in [2.05, 4.69) is 37.5 Å². The lowest BCUT2D eigenvalue weighted by atomic mass is 10.1. The van der Waals surface area contributed by atoms with Crippen LogP contribution in [0.5, 0.6) is 5.88 Å². The first kappa shape index (κ1) is 28.2. The molecule has 4 aromatic rings. The molecule has 12 nitrogen and oxygen atoms in total. The second-order valence-corrected chi connectivity index (χ2v) is 10.2. The van der Waals surface area contributed by atoms with Gasteiger partial charge < -0.3 is 19.4 Å². The molecule has 2 N–H and O–H groups in total. The number of morpholine rings is 1. The molecule has 5 rings (SSSR count). The second kappa shape index (κ2) is 12.5. The van der Waals surface area contributed by atoms with E-state index in [0.29, 0.717) is 66.3 Å². The summed E-state index contributed by atoms with van der Waals surface area (Å²) >= 11 is 0. The summed E-state index contributed by atoms with van der Waals surface area (Å²) in [4.78, 5) is 37.2. The highest BCUT2D eigenvalue weighted by atomic mass is 16.5. The monoisotopic (exact) mass is 560 g/mol. The molecule has 0 spiro atoms. The maximum atomic E-state index is 13.4. The molecule has 1 aliphatic rings. The fraction of sp³-hybridized carbons (Fsp3) is 0.414. The highest BCUT2D eigenvalue weighted by Gasteiger charge is 2.19. The maximum absolute atomic E-state index is 13.4. The number of carbonyl (C=O) groups is 2. The number of fused-ring (bicyclic) bond motifs is 1. The zero-order valence-corrected chi connectivity index (χ0v) is 23.9. The van der Waals surface area contributed by atoms with Gasteiger partial charge in [-0.2, -0.15) is 5.10 Å². The van der Waals surface area contributed by atoms with E-state index < -0.39 is 0 Å². The standard InChI is InChI=1S/C29H36N8O4/c1-5-6-11-41-28-22(17-30-36(28)4)24-15-20(14-19(2)31-24)27(39)34-29-33-23-8-7-21(16-25(23)35(29)3)32-26(38)18-37-9-12-40-13-10-37/h7-8,14-17H,5-6,9-13,18H2,1-4H3,(H,32,38)(H,33,34,39). The summed E-state index contributed by atoms with van der Waals surface area (Å²) in [6.07, 6.45) is 3.65. The average Bonchev–Trinajstić information content (AvgIpc) is 3.47. The Morgan fingerprint density at radius 3 is 2.66 bits per heavy atom. The summed E-state index contributed by atoms with van der Waals surface area (Å²) in [5, 5.41) is 10.2. The van der Waals surface area contributed by atoms with Crippen LogP contribution < -0.4 is 15.4 Å². The van der Waals surface area contributed by atoms with Crippen LogP contribution in [0.15, 0.2) is 36.5 Å². The number of pyridine rings is 1. The van der Waals surface area contributed by atoms with E-state index in [9.17, 15) is 9.59 Å². The topological polar surface area (TPSA) is 128 Å². The molecule has 2 amide bonds. The molecule has 0 radical (unpaired) electrons. The molecule has 41 heavy (non-hydrogen) atoms. The minimum absolute atomic E-state index is 0.0849. The molecule has 0 saturated carbocycles. The van der Waals surface area contributed by atoms with Gasteiger partial charge in [-0.25, -0.2) is 9.67 Å². The van der Waals surface area contributed by atoms with Gasteiger partial charge in [0.25, 0.3) is 5.91 Å². The van der Waals surface area contributed by atoms with Crippen molar-refractivity contribution < 1.29 is 19.1 Å². The van der Waals surface area contributed by atoms with Gasteiger partial charge in [-0.3, -0.25) is 24.8 Å². The molecule has 4 heterocycles. The number of rotatable bonds is 10. The fourth-order valence-electron chi connectivity index (χ4n) is 4.74. The number of nitrogens with zero attached hydrogens (tertiary/aromatic N) is 6. The number of aromatic nitrogens is 5. The first-order chi connectivity index (χ1) is 19.8. The summed E-state index contributed by atoms with van der Waals surface area (Å²) in [5.41, 5.74) is 4.62. The molecule has 1 aliphatic heterocycles. The smallest absolute Gasteiger partial charge is 0.258 e. The van der Waals surface area contributed by atoms with Crippen LogP contribution in [0.4, 0.5) is 11.6 Å². The Morgan fingerprint density at radius 2 is 1.88 bits per heavy atom. The second-order valence-electron chi connectivity index (χ2n) is 10.2. The van der Waals surface area contributed by atoms with Crippen molar-refractivity contribution in [3.05, 3.63) is 47.8 Å². The molecule has 1 aromatic carbocycles. The number of imidazole rings is 1. The van der Waals surface area contributed by atoms with Crippen LogP contribution >= 0.6 is 0 Å². The van der Waals surface area contributed by atoms with Crippen LogP contribution in [0.1, 0.15) is 35.8 Å². The van der Waals surface area contributed by atoms with E-state index >= 15 is 0 Å². The van der Waals surface area contributed by atoms with E-state index in [-0.39, 0.29) is 11.8 Å². The van der Waals surface area contributed by atoms with Gasteiger partial charge in [0.2, 0.25) is 17.7 Å². The lowest BCUT2D eigenvalue weighted by Crippen LogP contribution is -2.41. The minimum atomic E-state index is -0.313. The third-order valence-electron chi connectivity index (χ3n) is 6.97. The van der Waals surface area contributed by atoms with Gasteiger partial charge in [0.1, 0.15) is 0 Å². The Bertz CT molecular complexity index is 1550. The number of hydrogen-bond donors (Lipinski definition) is 2. The van der Waals surface area contributed by atoms with Crippen LogP contribution in [0.25, 0.3) is 22.3 Å². The molecule has 216 valence electrons. The third kappa shape index (κ3) is 6.55. The van der Waals surface area contributed by atoms with E-state index in [1.807, 2.05) is 39.2 Å². The number of aryl methyl sites for hydroxylation is 3. The number of benzene rings is 1. The molecule has 0 unspecified atom stereocenters. The van der Waals surface area contributed by atoms with Crippen molar-refractivity contribution in [1.29, 1.82) is 0 Å². The molecular formula is C29H36N8O4. The van der Waals surface area contributed by atoms with Gasteiger partial charge in [0, 0.05) is 44.1 Å². The lowest BCUT2D eigenvalue weighted by molar-refractivity contribution is -0.118. The fourth-order valence-corrected chi connectivity index (χ4v) is 4.74. The van der Waals surface area contributed by atoms with Gasteiger partial charge in [-0.15, -0.1) is 0 Å². The highest BCUT2D eigenvalue weighted by Crippen LogP contribution is 2.30. The van der Waals surface area contributed by atoms with Gasteiger partial charge >= 0.3 is 0 Å². The number of hydrogen-bond acceptors (Lipinski definition) is 8. The minimum Gasteiger partial charge on any atom is -0.477 e. The Hall–Kier alpha value is -4.29. The summed E-state index contributed by atoms with van der Waals surface area (Å²) in [5.74, 6) is 0.610. The van der Waals surface area contributed by atoms with Crippen molar-refractivity contribution in [2.24, 2.45) is 14.1 Å². The molecule has 0 bridgehead atoms. The average molecular weight is 561 g/mol. The Balaban J connectivity index is 1.32.